The van der Waals surface area contributed by atoms with Crippen molar-refractivity contribution in [3.05, 3.63) is 59.2 Å². The maximum atomic E-state index is 13.1. The average molecular weight is 469 g/mol. The van der Waals surface area contributed by atoms with Crippen molar-refractivity contribution in [1.82, 2.24) is 10.2 Å². The van der Waals surface area contributed by atoms with Gasteiger partial charge in [0.15, 0.2) is 5.82 Å². The molecule has 1 aromatic heterocycles. The number of benzene rings is 2. The minimum absolute atomic E-state index is 0.243. The van der Waals surface area contributed by atoms with Gasteiger partial charge in [-0.05, 0) is 67.8 Å². The summed E-state index contributed by atoms with van der Waals surface area (Å²) in [4.78, 5) is 2.38. The molecule has 1 saturated heterocycles. The zero-order valence-electron chi connectivity index (χ0n) is 19.3. The van der Waals surface area contributed by atoms with Gasteiger partial charge >= 0.3 is 0 Å². The molecule has 1 N–H and O–H groups in total. The van der Waals surface area contributed by atoms with Gasteiger partial charge in [0.1, 0.15) is 5.75 Å². The second-order valence-corrected chi connectivity index (χ2v) is 9.68. The molecule has 3 aromatic rings. The molecule has 9 heteroatoms. The van der Waals surface area contributed by atoms with E-state index in [2.05, 4.69) is 19.8 Å². The highest BCUT2D eigenvalue weighted by atomic mass is 32.2. The second-order valence-electron chi connectivity index (χ2n) is 8.03. The van der Waals surface area contributed by atoms with E-state index in [-0.39, 0.29) is 4.90 Å². The van der Waals surface area contributed by atoms with Crippen molar-refractivity contribution < 1.29 is 17.9 Å². The Labute approximate surface area is 194 Å². The molecule has 1 fully saturated rings. The monoisotopic (exact) mass is 468 g/mol. The largest absolute Gasteiger partial charge is 0.496 e. The molecule has 0 spiro atoms. The van der Waals surface area contributed by atoms with Crippen molar-refractivity contribution in [2.75, 3.05) is 43.0 Å². The summed E-state index contributed by atoms with van der Waals surface area (Å²) in [6.45, 7) is 8.47. The molecule has 174 valence electrons. The van der Waals surface area contributed by atoms with Gasteiger partial charge < -0.3 is 14.4 Å². The molecule has 33 heavy (non-hydrogen) atoms. The van der Waals surface area contributed by atoms with Crippen molar-refractivity contribution >= 4 is 21.5 Å². The van der Waals surface area contributed by atoms with Gasteiger partial charge in [0.2, 0.25) is 0 Å². The number of sulfonamides is 1. The van der Waals surface area contributed by atoms with E-state index in [1.807, 2.05) is 38.1 Å². The van der Waals surface area contributed by atoms with Crippen LogP contribution in [0.3, 0.4) is 0 Å². The molecule has 1 aliphatic heterocycles. The minimum atomic E-state index is -3.76. The van der Waals surface area contributed by atoms with Crippen LogP contribution in [0.5, 0.6) is 5.75 Å². The Morgan fingerprint density at radius 2 is 1.67 bits per heavy atom. The Balaban J connectivity index is 1.52. The van der Waals surface area contributed by atoms with E-state index in [1.165, 1.54) is 0 Å². The molecule has 4 rings (SSSR count). The van der Waals surface area contributed by atoms with E-state index in [0.717, 1.165) is 41.3 Å². The lowest BCUT2D eigenvalue weighted by atomic mass is 10.1. The first-order valence-corrected chi connectivity index (χ1v) is 12.2. The standard InChI is InChI=1S/C24H28N4O4S/c1-16-15-22(17(2)18(3)24(16)31-4)33(29,30)27-20-7-5-19(6-8-20)21-9-10-23(26-25-21)28-11-13-32-14-12-28/h5-10,15,27H,11-14H2,1-4H3. The second kappa shape index (κ2) is 9.36. The van der Waals surface area contributed by atoms with E-state index in [4.69, 9.17) is 9.47 Å². The predicted molar refractivity (Wildman–Crippen MR) is 129 cm³/mol. The average Bonchev–Trinajstić information content (AvgIpc) is 2.82. The molecular weight excluding hydrogens is 440 g/mol. The smallest absolute Gasteiger partial charge is 0.262 e. The highest BCUT2D eigenvalue weighted by Crippen LogP contribution is 2.32. The molecule has 0 unspecified atom stereocenters. The molecule has 0 atom stereocenters. The quantitative estimate of drug-likeness (QED) is 0.589. The number of nitrogens with zero attached hydrogens (tertiary/aromatic N) is 3. The topological polar surface area (TPSA) is 93.7 Å². The summed E-state index contributed by atoms with van der Waals surface area (Å²) in [5.74, 6) is 1.53. The number of ether oxygens (including phenoxy) is 2. The summed E-state index contributed by atoms with van der Waals surface area (Å²) in [5.41, 5.74) is 4.30. The number of aryl methyl sites for hydroxylation is 1. The minimum Gasteiger partial charge on any atom is -0.496 e. The van der Waals surface area contributed by atoms with Crippen LogP contribution in [-0.4, -0.2) is 52.0 Å². The Morgan fingerprint density at radius 1 is 0.970 bits per heavy atom. The molecule has 0 saturated carbocycles. The molecule has 0 radical (unpaired) electrons. The molecule has 0 amide bonds. The Kier molecular flexibility index (Phi) is 6.53. The van der Waals surface area contributed by atoms with E-state index in [1.54, 1.807) is 32.2 Å². The van der Waals surface area contributed by atoms with Gasteiger partial charge in [-0.15, -0.1) is 10.2 Å². The normalized spacial score (nSPS) is 14.2. The summed E-state index contributed by atoms with van der Waals surface area (Å²) in [5, 5.41) is 8.68. The van der Waals surface area contributed by atoms with Gasteiger partial charge in [-0.2, -0.15) is 0 Å². The van der Waals surface area contributed by atoms with Crippen LogP contribution in [0, 0.1) is 20.8 Å². The number of morpholine rings is 1. The summed E-state index contributed by atoms with van der Waals surface area (Å²) in [6, 6.07) is 12.6. The summed E-state index contributed by atoms with van der Waals surface area (Å²) < 4.78 is 39.6. The van der Waals surface area contributed by atoms with E-state index < -0.39 is 10.0 Å². The lowest BCUT2D eigenvalue weighted by Crippen LogP contribution is -2.36. The third kappa shape index (κ3) is 4.79. The molecular formula is C24H28N4O4S. The van der Waals surface area contributed by atoms with Crippen molar-refractivity contribution in [3.8, 4) is 17.0 Å². The Hall–Kier alpha value is -3.17. The maximum absolute atomic E-state index is 13.1. The molecule has 2 heterocycles. The molecule has 8 nitrogen and oxygen atoms in total. The van der Waals surface area contributed by atoms with Crippen LogP contribution in [-0.2, 0) is 14.8 Å². The van der Waals surface area contributed by atoms with Crippen molar-refractivity contribution in [2.45, 2.75) is 25.7 Å². The number of anilines is 2. The fourth-order valence-corrected chi connectivity index (χ4v) is 5.42. The summed E-state index contributed by atoms with van der Waals surface area (Å²) in [7, 11) is -2.17. The van der Waals surface area contributed by atoms with Crippen LogP contribution in [0.4, 0.5) is 11.5 Å². The number of aromatic nitrogens is 2. The van der Waals surface area contributed by atoms with Crippen LogP contribution in [0.1, 0.15) is 16.7 Å². The Bertz CT molecular complexity index is 1240. The van der Waals surface area contributed by atoms with Crippen LogP contribution < -0.4 is 14.4 Å². The highest BCUT2D eigenvalue weighted by molar-refractivity contribution is 7.92. The van der Waals surface area contributed by atoms with Crippen LogP contribution in [0.25, 0.3) is 11.3 Å². The predicted octanol–water partition coefficient (Wildman–Crippen LogP) is 3.71. The number of hydrogen-bond donors (Lipinski definition) is 1. The van der Waals surface area contributed by atoms with Crippen molar-refractivity contribution in [2.24, 2.45) is 0 Å². The number of hydrogen-bond acceptors (Lipinski definition) is 7. The van der Waals surface area contributed by atoms with Gasteiger partial charge in [-0.3, -0.25) is 4.72 Å². The van der Waals surface area contributed by atoms with Gasteiger partial charge in [-0.1, -0.05) is 12.1 Å². The molecule has 0 aliphatic carbocycles. The number of methoxy groups -OCH3 is 1. The van der Waals surface area contributed by atoms with Crippen molar-refractivity contribution in [3.63, 3.8) is 0 Å². The van der Waals surface area contributed by atoms with Gasteiger partial charge in [0.25, 0.3) is 10.0 Å². The van der Waals surface area contributed by atoms with Gasteiger partial charge in [0.05, 0.1) is 30.9 Å². The van der Waals surface area contributed by atoms with Crippen LogP contribution >= 0.6 is 0 Å². The van der Waals surface area contributed by atoms with E-state index >= 15 is 0 Å². The van der Waals surface area contributed by atoms with Crippen LogP contribution in [0.15, 0.2) is 47.4 Å². The van der Waals surface area contributed by atoms with E-state index in [0.29, 0.717) is 30.2 Å². The molecule has 1 aliphatic rings. The fraction of sp³-hybridized carbons (Fsp3) is 0.333. The third-order valence-electron chi connectivity index (χ3n) is 5.89. The van der Waals surface area contributed by atoms with Gasteiger partial charge in [0, 0.05) is 24.3 Å². The fourth-order valence-electron chi connectivity index (χ4n) is 3.97. The number of rotatable bonds is 6. The molecule has 0 bridgehead atoms. The zero-order valence-corrected chi connectivity index (χ0v) is 20.1. The Morgan fingerprint density at radius 3 is 2.27 bits per heavy atom. The van der Waals surface area contributed by atoms with Crippen molar-refractivity contribution in [1.29, 1.82) is 0 Å². The summed E-state index contributed by atoms with van der Waals surface area (Å²) in [6.07, 6.45) is 0. The lowest BCUT2D eigenvalue weighted by Gasteiger charge is -2.27. The maximum Gasteiger partial charge on any atom is 0.262 e. The first-order chi connectivity index (χ1) is 15.8. The SMILES string of the molecule is COc1c(C)cc(S(=O)(=O)Nc2ccc(-c3ccc(N4CCOCC4)nn3)cc2)c(C)c1C. The summed E-state index contributed by atoms with van der Waals surface area (Å²) >= 11 is 0. The van der Waals surface area contributed by atoms with Crippen LogP contribution in [0.2, 0.25) is 0 Å². The number of nitrogens with one attached hydrogen (secondary N) is 1. The first kappa shape index (κ1) is 23.0. The highest BCUT2D eigenvalue weighted by Gasteiger charge is 2.21. The lowest BCUT2D eigenvalue weighted by molar-refractivity contribution is 0.122. The van der Waals surface area contributed by atoms with E-state index in [9.17, 15) is 8.42 Å². The third-order valence-corrected chi connectivity index (χ3v) is 7.40. The first-order valence-electron chi connectivity index (χ1n) is 10.7. The zero-order chi connectivity index (χ0) is 23.6. The van der Waals surface area contributed by atoms with Gasteiger partial charge in [-0.25, -0.2) is 8.42 Å². The molecule has 2 aromatic carbocycles.